The maximum Gasteiger partial charge on any atom is 0.266 e. The minimum Gasteiger partial charge on any atom is -0.279 e. The molecule has 0 aliphatic carbocycles. The fourth-order valence-electron chi connectivity index (χ4n) is 4.24. The summed E-state index contributed by atoms with van der Waals surface area (Å²) >= 11 is 1.35. The Bertz CT molecular complexity index is 1960. The van der Waals surface area contributed by atoms with Crippen LogP contribution in [0, 0.1) is 11.3 Å². The average Bonchev–Trinajstić information content (AvgIpc) is 3.35. The molecule has 0 unspecified atom stereocenters. The molecule has 174 valence electrons. The van der Waals surface area contributed by atoms with Crippen LogP contribution >= 0.6 is 11.8 Å². The number of rotatable bonds is 4. The molecule has 3 aromatic heterocycles. The van der Waals surface area contributed by atoms with Crippen LogP contribution in [0.4, 0.5) is 0 Å². The predicted molar refractivity (Wildman–Crippen MR) is 137 cm³/mol. The summed E-state index contributed by atoms with van der Waals surface area (Å²) in [4.78, 5) is 31.0. The molecule has 6 rings (SSSR count). The van der Waals surface area contributed by atoms with Gasteiger partial charge in [-0.1, -0.05) is 36.0 Å². The molecular weight excluding hydrogens is 474 g/mol. The van der Waals surface area contributed by atoms with Crippen molar-refractivity contribution in [1.29, 1.82) is 5.26 Å². The van der Waals surface area contributed by atoms with Crippen LogP contribution in [0.15, 0.2) is 87.5 Å². The Labute approximate surface area is 207 Å². The zero-order valence-electron chi connectivity index (χ0n) is 19.0. The number of thioether (sulfide) groups is 1. The molecule has 0 saturated carbocycles. The van der Waals surface area contributed by atoms with Crippen LogP contribution < -0.4 is 11.1 Å². The molecule has 0 spiro atoms. The van der Waals surface area contributed by atoms with Crippen molar-refractivity contribution in [2.75, 3.05) is 0 Å². The molecule has 0 saturated heterocycles. The summed E-state index contributed by atoms with van der Waals surface area (Å²) in [5.41, 5.74) is 2.07. The Morgan fingerprint density at radius 2 is 1.61 bits per heavy atom. The van der Waals surface area contributed by atoms with E-state index in [1.165, 1.54) is 16.3 Å². The summed E-state index contributed by atoms with van der Waals surface area (Å²) in [6.45, 7) is 0. The largest absolute Gasteiger partial charge is 0.279 e. The maximum atomic E-state index is 13.5. The summed E-state index contributed by atoms with van der Waals surface area (Å²) in [7, 11) is 1.67. The van der Waals surface area contributed by atoms with E-state index in [1.54, 1.807) is 60.1 Å². The highest BCUT2D eigenvalue weighted by Gasteiger charge is 2.18. The number of fused-ring (bicyclic) bond motifs is 4. The molecule has 0 aliphatic heterocycles. The highest BCUT2D eigenvalue weighted by Crippen LogP contribution is 2.25. The van der Waals surface area contributed by atoms with Gasteiger partial charge in [0.05, 0.1) is 44.9 Å². The van der Waals surface area contributed by atoms with Gasteiger partial charge in [0, 0.05) is 7.05 Å². The van der Waals surface area contributed by atoms with Crippen LogP contribution in [-0.4, -0.2) is 28.7 Å². The van der Waals surface area contributed by atoms with E-state index >= 15 is 0 Å². The summed E-state index contributed by atoms with van der Waals surface area (Å²) in [6.07, 6.45) is 0. The molecule has 0 radical (unpaired) electrons. The zero-order chi connectivity index (χ0) is 24.8. The summed E-state index contributed by atoms with van der Waals surface area (Å²) in [5.74, 6) is 1.41. The number of benzene rings is 3. The summed E-state index contributed by atoms with van der Waals surface area (Å²) in [5, 5.41) is 19.3. The van der Waals surface area contributed by atoms with Crippen LogP contribution in [-0.2, 0) is 12.8 Å². The van der Waals surface area contributed by atoms with E-state index < -0.39 is 0 Å². The van der Waals surface area contributed by atoms with E-state index in [-0.39, 0.29) is 11.1 Å². The van der Waals surface area contributed by atoms with Gasteiger partial charge in [-0.15, -0.1) is 10.2 Å². The topological polar surface area (TPSA) is 111 Å². The molecule has 6 aromatic rings. The second-order valence-corrected chi connectivity index (χ2v) is 9.07. The third-order valence-corrected chi connectivity index (χ3v) is 6.96. The van der Waals surface area contributed by atoms with Crippen molar-refractivity contribution in [3.8, 4) is 11.8 Å². The monoisotopic (exact) mass is 491 g/mol. The molecule has 0 bridgehead atoms. The van der Waals surface area contributed by atoms with Gasteiger partial charge < -0.3 is 0 Å². The van der Waals surface area contributed by atoms with Crippen LogP contribution in [0.2, 0.25) is 0 Å². The van der Waals surface area contributed by atoms with E-state index in [0.717, 1.165) is 0 Å². The first kappa shape index (κ1) is 21.8. The zero-order valence-corrected chi connectivity index (χ0v) is 19.8. The van der Waals surface area contributed by atoms with Crippen molar-refractivity contribution < 1.29 is 0 Å². The van der Waals surface area contributed by atoms with Gasteiger partial charge in [-0.25, -0.2) is 4.98 Å². The number of para-hydroxylation sites is 2. The number of aryl methyl sites for hydroxylation is 1. The third-order valence-electron chi connectivity index (χ3n) is 6.02. The lowest BCUT2D eigenvalue weighted by molar-refractivity contribution is 0.818. The molecule has 3 aromatic carbocycles. The molecule has 9 nitrogen and oxygen atoms in total. The van der Waals surface area contributed by atoms with Crippen molar-refractivity contribution in [3.63, 3.8) is 0 Å². The normalized spacial score (nSPS) is 11.3. The molecule has 36 heavy (non-hydrogen) atoms. The van der Waals surface area contributed by atoms with E-state index in [9.17, 15) is 9.59 Å². The number of hydrogen-bond donors (Lipinski definition) is 0. The third kappa shape index (κ3) is 3.37. The van der Waals surface area contributed by atoms with Gasteiger partial charge in [0.2, 0.25) is 5.78 Å². The van der Waals surface area contributed by atoms with Crippen LogP contribution in [0.1, 0.15) is 11.4 Å². The fourth-order valence-corrected chi connectivity index (χ4v) is 5.16. The Hall–Kier alpha value is -4.75. The van der Waals surface area contributed by atoms with Gasteiger partial charge in [0.1, 0.15) is 5.82 Å². The van der Waals surface area contributed by atoms with Crippen molar-refractivity contribution >= 4 is 39.3 Å². The summed E-state index contributed by atoms with van der Waals surface area (Å²) in [6, 6.07) is 23.4. The highest BCUT2D eigenvalue weighted by molar-refractivity contribution is 7.98. The van der Waals surface area contributed by atoms with E-state index in [1.807, 2.05) is 28.7 Å². The number of nitriles is 1. The molecule has 0 fully saturated rings. The molecule has 0 atom stereocenters. The first-order valence-electron chi connectivity index (χ1n) is 11.0. The molecule has 3 heterocycles. The van der Waals surface area contributed by atoms with Crippen LogP contribution in [0.3, 0.4) is 0 Å². The van der Waals surface area contributed by atoms with Crippen molar-refractivity contribution in [1.82, 2.24) is 28.7 Å². The van der Waals surface area contributed by atoms with Crippen molar-refractivity contribution in [2.24, 2.45) is 7.05 Å². The van der Waals surface area contributed by atoms with Gasteiger partial charge in [0.25, 0.3) is 11.1 Å². The first-order chi connectivity index (χ1) is 17.6. The van der Waals surface area contributed by atoms with Gasteiger partial charge in [-0.05, 0) is 48.5 Å². The number of nitrogens with zero attached hydrogens (tertiary/aromatic N) is 7. The van der Waals surface area contributed by atoms with Gasteiger partial charge in [-0.2, -0.15) is 5.26 Å². The second-order valence-electron chi connectivity index (χ2n) is 8.13. The Morgan fingerprint density at radius 3 is 2.39 bits per heavy atom. The lowest BCUT2D eigenvalue weighted by atomic mass is 10.2. The SMILES string of the molecule is Cn1c(=O)c2ccccc2n2c(CSc3nc4ccccc4c(=O)n3-c3ccc(C#N)cc3)nnc12. The number of hydrogen-bond acceptors (Lipinski definition) is 7. The quantitative estimate of drug-likeness (QED) is 0.274. The standard InChI is InChI=1S/C26H17N7O2S/c1-31-23(34)19-7-3-5-9-21(19)33-22(29-30-25(31)33)15-36-26-28-20-8-4-2-6-18(20)24(35)32(26)17-12-10-16(14-27)11-13-17/h2-13H,15H2,1H3. The van der Waals surface area contributed by atoms with Crippen LogP contribution in [0.5, 0.6) is 0 Å². The maximum absolute atomic E-state index is 13.5. The molecule has 0 amide bonds. The lowest BCUT2D eigenvalue weighted by Gasteiger charge is -2.13. The van der Waals surface area contributed by atoms with E-state index in [4.69, 9.17) is 10.2 Å². The van der Waals surface area contributed by atoms with E-state index in [0.29, 0.717) is 55.6 Å². The number of aromatic nitrogens is 6. The lowest BCUT2D eigenvalue weighted by Crippen LogP contribution is -2.22. The molecule has 0 aliphatic rings. The van der Waals surface area contributed by atoms with Crippen molar-refractivity contribution in [3.05, 3.63) is 105 Å². The molecule has 0 N–H and O–H groups in total. The minimum atomic E-state index is -0.202. The summed E-state index contributed by atoms with van der Waals surface area (Å²) < 4.78 is 4.88. The minimum absolute atomic E-state index is 0.143. The Balaban J connectivity index is 1.50. The highest BCUT2D eigenvalue weighted by atomic mass is 32.2. The Kier molecular flexibility index (Phi) is 5.13. The smallest absolute Gasteiger partial charge is 0.266 e. The average molecular weight is 492 g/mol. The second kappa shape index (κ2) is 8.48. The molecular formula is C26H17N7O2S. The van der Waals surface area contributed by atoms with Crippen molar-refractivity contribution in [2.45, 2.75) is 10.9 Å². The van der Waals surface area contributed by atoms with Gasteiger partial charge >= 0.3 is 0 Å². The predicted octanol–water partition coefficient (Wildman–Crippen LogP) is 3.44. The Morgan fingerprint density at radius 1 is 0.889 bits per heavy atom. The van der Waals surface area contributed by atoms with E-state index in [2.05, 4.69) is 16.3 Å². The first-order valence-corrected chi connectivity index (χ1v) is 12.0. The van der Waals surface area contributed by atoms with Crippen LogP contribution in [0.25, 0.3) is 33.3 Å². The van der Waals surface area contributed by atoms with Gasteiger partial charge in [0.15, 0.2) is 5.16 Å². The van der Waals surface area contributed by atoms with Gasteiger partial charge in [-0.3, -0.25) is 23.1 Å². The fraction of sp³-hybridized carbons (Fsp3) is 0.0769. The molecule has 10 heteroatoms.